The third kappa shape index (κ3) is 1.61. The molecule has 16 heavy (non-hydrogen) atoms. The quantitative estimate of drug-likeness (QED) is 0.793. The van der Waals surface area contributed by atoms with Gasteiger partial charge in [-0.2, -0.15) is 0 Å². The van der Waals surface area contributed by atoms with Gasteiger partial charge in [-0.25, -0.2) is 8.78 Å². The van der Waals surface area contributed by atoms with Crippen molar-refractivity contribution in [2.45, 2.75) is 19.1 Å². The van der Waals surface area contributed by atoms with Crippen LogP contribution in [-0.4, -0.2) is 30.9 Å². The maximum Gasteiger partial charge on any atom is 0.153 e. The Morgan fingerprint density at radius 3 is 2.75 bits per heavy atom. The van der Waals surface area contributed by atoms with Crippen LogP contribution in [0.3, 0.4) is 0 Å². The van der Waals surface area contributed by atoms with Gasteiger partial charge in [0.2, 0.25) is 0 Å². The van der Waals surface area contributed by atoms with Crippen molar-refractivity contribution in [3.63, 3.8) is 0 Å². The lowest BCUT2D eigenvalue weighted by molar-refractivity contribution is 0.0877. The Hall–Kier alpha value is -1.36. The van der Waals surface area contributed by atoms with Crippen molar-refractivity contribution in [3.8, 4) is 5.75 Å². The Bertz CT molecular complexity index is 411. The molecular formula is C11H13F2NO2. The molecule has 2 rings (SSSR count). The Morgan fingerprint density at radius 1 is 1.44 bits per heavy atom. The summed E-state index contributed by atoms with van der Waals surface area (Å²) in [5.74, 6) is -1.20. The minimum Gasteiger partial charge on any atom is -0.483 e. The molecule has 0 saturated carbocycles. The monoisotopic (exact) mass is 229 g/mol. The van der Waals surface area contributed by atoms with E-state index in [9.17, 15) is 8.78 Å². The van der Waals surface area contributed by atoms with E-state index in [1.165, 1.54) is 0 Å². The number of anilines is 1. The first-order chi connectivity index (χ1) is 7.54. The van der Waals surface area contributed by atoms with Crippen molar-refractivity contribution in [2.24, 2.45) is 0 Å². The topological polar surface area (TPSA) is 32.7 Å². The van der Waals surface area contributed by atoms with E-state index in [2.05, 4.69) is 0 Å². The average molecular weight is 229 g/mol. The maximum absolute atomic E-state index is 13.6. The number of likely N-dealkylation sites (N-methyl/N-ethyl adjacent to an activating group) is 1. The van der Waals surface area contributed by atoms with Crippen LogP contribution in [0.4, 0.5) is 14.5 Å². The summed E-state index contributed by atoms with van der Waals surface area (Å²) in [6.45, 7) is 1.62. The van der Waals surface area contributed by atoms with Crippen molar-refractivity contribution >= 4 is 5.69 Å². The van der Waals surface area contributed by atoms with Gasteiger partial charge in [0.15, 0.2) is 5.82 Å². The van der Waals surface area contributed by atoms with Crippen LogP contribution < -0.4 is 9.64 Å². The molecule has 0 saturated heterocycles. The van der Waals surface area contributed by atoms with Gasteiger partial charge in [-0.1, -0.05) is 0 Å². The largest absolute Gasteiger partial charge is 0.483 e. The highest BCUT2D eigenvalue weighted by Gasteiger charge is 2.32. The van der Waals surface area contributed by atoms with Gasteiger partial charge in [-0.15, -0.1) is 0 Å². The van der Waals surface area contributed by atoms with E-state index in [4.69, 9.17) is 9.84 Å². The zero-order valence-corrected chi connectivity index (χ0v) is 9.08. The molecule has 3 nitrogen and oxygen atoms in total. The molecule has 0 bridgehead atoms. The van der Waals surface area contributed by atoms with E-state index < -0.39 is 17.7 Å². The first kappa shape index (κ1) is 11.1. The lowest BCUT2D eigenvalue weighted by atomic mass is 10.1. The molecule has 1 heterocycles. The highest BCUT2D eigenvalue weighted by atomic mass is 19.1. The third-order valence-electron chi connectivity index (χ3n) is 2.95. The Balaban J connectivity index is 2.50. The lowest BCUT2D eigenvalue weighted by Crippen LogP contribution is -2.48. The molecule has 0 aromatic heterocycles. The van der Waals surface area contributed by atoms with Gasteiger partial charge < -0.3 is 14.7 Å². The van der Waals surface area contributed by atoms with Crippen molar-refractivity contribution < 1.29 is 18.6 Å². The molecule has 0 spiro atoms. The van der Waals surface area contributed by atoms with E-state index in [-0.39, 0.29) is 24.1 Å². The second-order valence-electron chi connectivity index (χ2n) is 3.92. The number of hydrogen-bond acceptors (Lipinski definition) is 3. The number of aliphatic hydroxyl groups excluding tert-OH is 1. The molecule has 0 aliphatic carbocycles. The van der Waals surface area contributed by atoms with Gasteiger partial charge in [0.25, 0.3) is 0 Å². The number of benzene rings is 1. The van der Waals surface area contributed by atoms with Crippen LogP contribution in [-0.2, 0) is 0 Å². The van der Waals surface area contributed by atoms with Crippen molar-refractivity contribution in [3.05, 3.63) is 23.8 Å². The van der Waals surface area contributed by atoms with Crippen molar-refractivity contribution in [1.29, 1.82) is 0 Å². The zero-order valence-electron chi connectivity index (χ0n) is 9.08. The number of nitrogens with zero attached hydrogens (tertiary/aromatic N) is 1. The number of rotatable bonds is 1. The summed E-state index contributed by atoms with van der Waals surface area (Å²) in [6, 6.07) is 1.78. The highest BCUT2D eigenvalue weighted by molar-refractivity contribution is 5.61. The van der Waals surface area contributed by atoms with Gasteiger partial charge >= 0.3 is 0 Å². The van der Waals surface area contributed by atoms with E-state index in [0.29, 0.717) is 0 Å². The fraction of sp³-hybridized carbons (Fsp3) is 0.455. The first-order valence-electron chi connectivity index (χ1n) is 5.04. The summed E-state index contributed by atoms with van der Waals surface area (Å²) in [5, 5.41) is 9.10. The van der Waals surface area contributed by atoms with Crippen LogP contribution in [0, 0.1) is 11.6 Å². The zero-order chi connectivity index (χ0) is 11.9. The Labute approximate surface area is 92.2 Å². The fourth-order valence-corrected chi connectivity index (χ4v) is 1.88. The molecule has 1 aliphatic rings. The van der Waals surface area contributed by atoms with Gasteiger partial charge in [-0.05, 0) is 6.92 Å². The lowest BCUT2D eigenvalue weighted by Gasteiger charge is -2.39. The minimum absolute atomic E-state index is 0.136. The summed E-state index contributed by atoms with van der Waals surface area (Å²) in [6.07, 6.45) is -0.473. The van der Waals surface area contributed by atoms with Gasteiger partial charge in [0.05, 0.1) is 12.6 Å². The van der Waals surface area contributed by atoms with Crippen LogP contribution in [0.25, 0.3) is 0 Å². The summed E-state index contributed by atoms with van der Waals surface area (Å²) in [5.41, 5.74) is 0.235. The molecule has 1 aliphatic heterocycles. The number of fused-ring (bicyclic) bond motifs is 1. The summed E-state index contributed by atoms with van der Waals surface area (Å²) in [4.78, 5) is 1.65. The molecule has 5 heteroatoms. The van der Waals surface area contributed by atoms with Gasteiger partial charge in [0, 0.05) is 19.2 Å². The molecule has 0 radical (unpaired) electrons. The predicted octanol–water partition coefficient (Wildman–Crippen LogP) is 1.54. The standard InChI is InChI=1S/C11H13F2NO2/c1-6-10(5-15)16-9-4-7(12)3-8(13)11(9)14(6)2/h3-4,6,10,15H,5H2,1-2H3. The maximum atomic E-state index is 13.6. The first-order valence-corrected chi connectivity index (χ1v) is 5.04. The molecule has 2 atom stereocenters. The summed E-state index contributed by atoms with van der Waals surface area (Å²) in [7, 11) is 1.69. The van der Waals surface area contributed by atoms with Gasteiger partial charge in [-0.3, -0.25) is 0 Å². The van der Waals surface area contributed by atoms with Crippen LogP contribution in [0.1, 0.15) is 6.92 Å². The predicted molar refractivity (Wildman–Crippen MR) is 55.7 cm³/mol. The smallest absolute Gasteiger partial charge is 0.153 e. The van der Waals surface area contributed by atoms with E-state index in [1.54, 1.807) is 11.9 Å². The third-order valence-corrected chi connectivity index (χ3v) is 2.95. The highest BCUT2D eigenvalue weighted by Crippen LogP contribution is 2.37. The van der Waals surface area contributed by atoms with E-state index in [1.807, 2.05) is 6.92 Å². The van der Waals surface area contributed by atoms with E-state index >= 15 is 0 Å². The molecule has 1 aromatic carbocycles. The number of aliphatic hydroxyl groups is 1. The van der Waals surface area contributed by atoms with Gasteiger partial charge in [0.1, 0.15) is 23.4 Å². The Kier molecular flexibility index (Phi) is 2.71. The van der Waals surface area contributed by atoms with Crippen molar-refractivity contribution in [1.82, 2.24) is 0 Å². The van der Waals surface area contributed by atoms with Crippen LogP contribution in [0.5, 0.6) is 5.75 Å². The number of ether oxygens (including phenoxy) is 1. The molecule has 1 aromatic rings. The van der Waals surface area contributed by atoms with Crippen LogP contribution in [0.15, 0.2) is 12.1 Å². The average Bonchev–Trinajstić information content (AvgIpc) is 2.22. The Morgan fingerprint density at radius 2 is 2.12 bits per heavy atom. The fourth-order valence-electron chi connectivity index (χ4n) is 1.88. The SMILES string of the molecule is CC1C(CO)Oc2cc(F)cc(F)c2N1C. The summed E-state index contributed by atoms with van der Waals surface area (Å²) < 4.78 is 31.9. The molecule has 1 N–H and O–H groups in total. The molecule has 0 amide bonds. The molecule has 2 unspecified atom stereocenters. The van der Waals surface area contributed by atoms with E-state index in [0.717, 1.165) is 12.1 Å². The number of halogens is 2. The normalized spacial score (nSPS) is 23.9. The number of hydrogen-bond donors (Lipinski definition) is 1. The van der Waals surface area contributed by atoms with Crippen LogP contribution in [0.2, 0.25) is 0 Å². The summed E-state index contributed by atoms with van der Waals surface area (Å²) >= 11 is 0. The molecule has 0 fully saturated rings. The second kappa shape index (κ2) is 3.90. The van der Waals surface area contributed by atoms with Crippen LogP contribution >= 0.6 is 0 Å². The minimum atomic E-state index is -0.684. The molecular weight excluding hydrogens is 216 g/mol. The second-order valence-corrected chi connectivity index (χ2v) is 3.92. The van der Waals surface area contributed by atoms with Crippen molar-refractivity contribution in [2.75, 3.05) is 18.6 Å². The molecule has 88 valence electrons.